The van der Waals surface area contributed by atoms with Crippen molar-refractivity contribution in [3.8, 4) is 0 Å². The molecule has 1 heterocycles. The van der Waals surface area contributed by atoms with Crippen molar-refractivity contribution < 1.29 is 0 Å². The Morgan fingerprint density at radius 2 is 2.20 bits per heavy atom. The second-order valence-electron chi connectivity index (χ2n) is 2.67. The molecule has 0 aromatic carbocycles. The molecule has 0 bridgehead atoms. The van der Waals surface area contributed by atoms with Crippen LogP contribution in [0.4, 0.5) is 0 Å². The zero-order chi connectivity index (χ0) is 7.72. The van der Waals surface area contributed by atoms with Crippen molar-refractivity contribution in [3.05, 3.63) is 16.9 Å². The van der Waals surface area contributed by atoms with Gasteiger partial charge in [0.25, 0.3) is 0 Å². The third-order valence-corrected chi connectivity index (χ3v) is 1.66. The largest absolute Gasteiger partial charge is 0.271 e. The van der Waals surface area contributed by atoms with Gasteiger partial charge < -0.3 is 0 Å². The Labute approximate surface area is 65.8 Å². The molecule has 0 aliphatic carbocycles. The fraction of sp³-hybridized carbons (Fsp3) is 0.571. The van der Waals surface area contributed by atoms with Crippen molar-refractivity contribution in [1.82, 2.24) is 9.78 Å². The molecule has 0 aliphatic rings. The third-order valence-electron chi connectivity index (χ3n) is 1.48. The molecule has 0 saturated carbocycles. The summed E-state index contributed by atoms with van der Waals surface area (Å²) in [7, 11) is 1.90. The Morgan fingerprint density at radius 3 is 2.40 bits per heavy atom. The van der Waals surface area contributed by atoms with E-state index in [1.165, 1.54) is 5.69 Å². The molecule has 0 unspecified atom stereocenters. The molecule has 0 N–H and O–H groups in total. The first kappa shape index (κ1) is 7.61. The number of hydrogen-bond donors (Lipinski definition) is 0. The van der Waals surface area contributed by atoms with Gasteiger partial charge in [-0.3, -0.25) is 4.68 Å². The topological polar surface area (TPSA) is 17.8 Å². The van der Waals surface area contributed by atoms with Crippen molar-refractivity contribution in [3.63, 3.8) is 0 Å². The molecule has 0 amide bonds. The van der Waals surface area contributed by atoms with E-state index in [1.54, 1.807) is 0 Å². The quantitative estimate of drug-likeness (QED) is 0.613. The molecule has 0 fully saturated rings. The predicted molar refractivity (Wildman–Crippen MR) is 42.3 cm³/mol. The second kappa shape index (κ2) is 2.62. The summed E-state index contributed by atoms with van der Waals surface area (Å²) in [4.78, 5) is 0. The van der Waals surface area contributed by atoms with Crippen LogP contribution in [0.15, 0.2) is 6.07 Å². The van der Waals surface area contributed by atoms with Gasteiger partial charge in [0, 0.05) is 12.7 Å². The van der Waals surface area contributed by atoms with Gasteiger partial charge in [-0.15, -0.1) is 0 Å². The summed E-state index contributed by atoms with van der Waals surface area (Å²) in [6.07, 6.45) is 0. The van der Waals surface area contributed by atoms with Gasteiger partial charge in [0.15, 0.2) is 5.15 Å². The Morgan fingerprint density at radius 1 is 1.60 bits per heavy atom. The van der Waals surface area contributed by atoms with E-state index in [0.29, 0.717) is 11.1 Å². The van der Waals surface area contributed by atoms with Crippen LogP contribution < -0.4 is 0 Å². The van der Waals surface area contributed by atoms with E-state index in [1.807, 2.05) is 17.8 Å². The highest BCUT2D eigenvalue weighted by molar-refractivity contribution is 6.29. The van der Waals surface area contributed by atoms with Gasteiger partial charge >= 0.3 is 0 Å². The van der Waals surface area contributed by atoms with E-state index in [9.17, 15) is 0 Å². The average Bonchev–Trinajstić information content (AvgIpc) is 2.10. The number of halogens is 1. The van der Waals surface area contributed by atoms with E-state index in [2.05, 4.69) is 18.9 Å². The zero-order valence-corrected chi connectivity index (χ0v) is 7.18. The highest BCUT2D eigenvalue weighted by atomic mass is 35.5. The lowest BCUT2D eigenvalue weighted by Crippen LogP contribution is -1.98. The maximum Gasteiger partial charge on any atom is 0.151 e. The number of aromatic nitrogens is 2. The summed E-state index contributed by atoms with van der Waals surface area (Å²) in [6, 6.07) is 1.90. The highest BCUT2D eigenvalue weighted by Crippen LogP contribution is 2.16. The standard InChI is InChI=1S/C7H11ClN2/c1-5(2)6-4-7(8)9-10(6)3/h4-5H,1-3H3. The summed E-state index contributed by atoms with van der Waals surface area (Å²) >= 11 is 5.68. The molecule has 0 aliphatic heterocycles. The van der Waals surface area contributed by atoms with Crippen LogP contribution in [-0.4, -0.2) is 9.78 Å². The van der Waals surface area contributed by atoms with Crippen molar-refractivity contribution in [1.29, 1.82) is 0 Å². The normalized spacial score (nSPS) is 10.9. The fourth-order valence-electron chi connectivity index (χ4n) is 0.986. The van der Waals surface area contributed by atoms with Crippen molar-refractivity contribution >= 4 is 11.6 Å². The van der Waals surface area contributed by atoms with Crippen molar-refractivity contribution in [2.45, 2.75) is 19.8 Å². The Balaban J connectivity index is 3.03. The van der Waals surface area contributed by atoms with Crippen molar-refractivity contribution in [2.75, 3.05) is 0 Å². The van der Waals surface area contributed by atoms with Gasteiger partial charge in [-0.2, -0.15) is 5.10 Å². The second-order valence-corrected chi connectivity index (χ2v) is 3.06. The molecule has 0 spiro atoms. The van der Waals surface area contributed by atoms with Crippen molar-refractivity contribution in [2.24, 2.45) is 7.05 Å². The highest BCUT2D eigenvalue weighted by Gasteiger charge is 2.05. The predicted octanol–water partition coefficient (Wildman–Crippen LogP) is 2.20. The van der Waals surface area contributed by atoms with Crippen LogP contribution in [0.3, 0.4) is 0 Å². The molecule has 56 valence electrons. The molecule has 0 saturated heterocycles. The van der Waals surface area contributed by atoms with Gasteiger partial charge in [-0.1, -0.05) is 25.4 Å². The van der Waals surface area contributed by atoms with Crippen LogP contribution >= 0.6 is 11.6 Å². The summed E-state index contributed by atoms with van der Waals surface area (Å²) in [5.74, 6) is 0.491. The number of nitrogens with zero attached hydrogens (tertiary/aromatic N) is 2. The Hall–Kier alpha value is -0.500. The van der Waals surface area contributed by atoms with E-state index >= 15 is 0 Å². The molecule has 1 rings (SSSR count). The van der Waals surface area contributed by atoms with Crippen LogP contribution in [0.1, 0.15) is 25.5 Å². The molecule has 1 aromatic heterocycles. The van der Waals surface area contributed by atoms with Crippen LogP contribution in [-0.2, 0) is 7.05 Å². The average molecular weight is 159 g/mol. The Kier molecular flexibility index (Phi) is 2.00. The third kappa shape index (κ3) is 1.32. The Bertz CT molecular complexity index is 228. The van der Waals surface area contributed by atoms with E-state index in [4.69, 9.17) is 11.6 Å². The number of hydrogen-bond acceptors (Lipinski definition) is 1. The minimum absolute atomic E-state index is 0.491. The summed E-state index contributed by atoms with van der Waals surface area (Å²) in [5.41, 5.74) is 1.17. The number of rotatable bonds is 1. The zero-order valence-electron chi connectivity index (χ0n) is 6.43. The van der Waals surface area contributed by atoms with Gasteiger partial charge in [0.05, 0.1) is 0 Å². The maximum atomic E-state index is 5.68. The van der Waals surface area contributed by atoms with E-state index < -0.39 is 0 Å². The smallest absolute Gasteiger partial charge is 0.151 e. The molecule has 2 nitrogen and oxygen atoms in total. The van der Waals surface area contributed by atoms with E-state index in [-0.39, 0.29) is 0 Å². The number of aryl methyl sites for hydroxylation is 1. The lowest BCUT2D eigenvalue weighted by atomic mass is 10.1. The van der Waals surface area contributed by atoms with E-state index in [0.717, 1.165) is 0 Å². The summed E-state index contributed by atoms with van der Waals surface area (Å²) in [5, 5.41) is 4.59. The minimum Gasteiger partial charge on any atom is -0.271 e. The SMILES string of the molecule is CC(C)c1cc(Cl)nn1C. The first-order valence-corrected chi connectivity index (χ1v) is 3.68. The van der Waals surface area contributed by atoms with Gasteiger partial charge in [0.1, 0.15) is 0 Å². The summed E-state index contributed by atoms with van der Waals surface area (Å²) in [6.45, 7) is 4.24. The first-order chi connectivity index (χ1) is 4.61. The van der Waals surface area contributed by atoms with Crippen LogP contribution in [0.2, 0.25) is 5.15 Å². The van der Waals surface area contributed by atoms with Crippen LogP contribution in [0, 0.1) is 0 Å². The van der Waals surface area contributed by atoms with Gasteiger partial charge in [-0.05, 0) is 12.0 Å². The summed E-state index contributed by atoms with van der Waals surface area (Å²) < 4.78 is 1.81. The fourth-order valence-corrected chi connectivity index (χ4v) is 1.21. The van der Waals surface area contributed by atoms with Crippen LogP contribution in [0.25, 0.3) is 0 Å². The molecular weight excluding hydrogens is 148 g/mol. The molecule has 10 heavy (non-hydrogen) atoms. The van der Waals surface area contributed by atoms with Crippen LogP contribution in [0.5, 0.6) is 0 Å². The molecule has 3 heteroatoms. The molecule has 1 aromatic rings. The lowest BCUT2D eigenvalue weighted by molar-refractivity contribution is 0.669. The maximum absolute atomic E-state index is 5.68. The lowest BCUT2D eigenvalue weighted by Gasteiger charge is -2.02. The minimum atomic E-state index is 0.491. The molecule has 0 atom stereocenters. The monoisotopic (exact) mass is 158 g/mol. The molecule has 0 radical (unpaired) electrons. The first-order valence-electron chi connectivity index (χ1n) is 3.30. The van der Waals surface area contributed by atoms with Gasteiger partial charge in [-0.25, -0.2) is 0 Å². The van der Waals surface area contributed by atoms with Gasteiger partial charge in [0.2, 0.25) is 0 Å². The molecular formula is C7H11ClN2.